The molecule has 168 valence electrons. The van der Waals surface area contributed by atoms with Crippen molar-refractivity contribution in [1.82, 2.24) is 9.62 Å². The van der Waals surface area contributed by atoms with Crippen LogP contribution in [0, 0.1) is 0 Å². The van der Waals surface area contributed by atoms with Crippen LogP contribution in [0.1, 0.15) is 23.2 Å². The number of amides is 1. The third kappa shape index (κ3) is 5.23. The van der Waals surface area contributed by atoms with Crippen LogP contribution in [0.5, 0.6) is 17.2 Å². The molecule has 1 heterocycles. The van der Waals surface area contributed by atoms with Crippen LogP contribution in [0.2, 0.25) is 5.02 Å². The Morgan fingerprint density at radius 2 is 1.55 bits per heavy atom. The second-order valence-corrected chi connectivity index (χ2v) is 9.21. The maximum atomic E-state index is 13.0. The summed E-state index contributed by atoms with van der Waals surface area (Å²) in [6.45, 7) is 0.840. The Morgan fingerprint density at radius 1 is 1.00 bits per heavy atom. The Hall–Kier alpha value is -2.49. The lowest BCUT2D eigenvalue weighted by molar-refractivity contribution is 0.0710. The molecule has 0 radical (unpaired) electrons. The molecule has 8 nitrogen and oxygen atoms in total. The Kier molecular flexibility index (Phi) is 7.30. The maximum Gasteiger partial charge on any atom is 0.254 e. The van der Waals surface area contributed by atoms with Gasteiger partial charge >= 0.3 is 0 Å². The molecule has 31 heavy (non-hydrogen) atoms. The van der Waals surface area contributed by atoms with Crippen LogP contribution in [0.15, 0.2) is 41.3 Å². The van der Waals surface area contributed by atoms with Gasteiger partial charge in [0.05, 0.1) is 26.2 Å². The molecule has 1 aliphatic heterocycles. The maximum absolute atomic E-state index is 13.0. The standard InChI is InChI=1S/C21H25ClN2O6S/c1-28-18-12-14(13-19(29-2)20(18)30-3)21(25)24-10-8-16(9-11-24)23-31(26,27)17-6-4-15(22)5-7-17/h4-7,12-13,16,23H,8-11H2,1-3H3. The number of halogens is 1. The number of sulfonamides is 1. The molecule has 0 aromatic heterocycles. The minimum absolute atomic E-state index is 0.160. The second kappa shape index (κ2) is 9.76. The fourth-order valence-electron chi connectivity index (χ4n) is 3.49. The molecule has 1 aliphatic rings. The van der Waals surface area contributed by atoms with Crippen LogP contribution >= 0.6 is 11.6 Å². The van der Waals surface area contributed by atoms with E-state index in [1.165, 1.54) is 45.6 Å². The monoisotopic (exact) mass is 468 g/mol. The van der Waals surface area contributed by atoms with E-state index in [0.29, 0.717) is 53.8 Å². The lowest BCUT2D eigenvalue weighted by Crippen LogP contribution is -2.46. The van der Waals surface area contributed by atoms with E-state index in [4.69, 9.17) is 25.8 Å². The van der Waals surface area contributed by atoms with E-state index >= 15 is 0 Å². The zero-order chi connectivity index (χ0) is 22.6. The summed E-state index contributed by atoms with van der Waals surface area (Å²) in [6.07, 6.45) is 1.01. The van der Waals surface area contributed by atoms with Gasteiger partial charge in [0.2, 0.25) is 15.8 Å². The summed E-state index contributed by atoms with van der Waals surface area (Å²) in [7, 11) is 0.826. The van der Waals surface area contributed by atoms with Crippen LogP contribution in [0.3, 0.4) is 0 Å². The lowest BCUT2D eigenvalue weighted by Gasteiger charge is -2.32. The van der Waals surface area contributed by atoms with Gasteiger partial charge in [0.1, 0.15) is 0 Å². The van der Waals surface area contributed by atoms with E-state index in [1.54, 1.807) is 17.0 Å². The molecule has 3 rings (SSSR count). The van der Waals surface area contributed by atoms with Gasteiger partial charge in [0.15, 0.2) is 11.5 Å². The molecular formula is C21H25ClN2O6S. The molecule has 0 atom stereocenters. The number of ether oxygens (including phenoxy) is 3. The number of nitrogens with one attached hydrogen (secondary N) is 1. The largest absolute Gasteiger partial charge is 0.493 e. The number of likely N-dealkylation sites (tertiary alicyclic amines) is 1. The fourth-order valence-corrected chi connectivity index (χ4v) is 4.92. The van der Waals surface area contributed by atoms with Crippen molar-refractivity contribution < 1.29 is 27.4 Å². The summed E-state index contributed by atoms with van der Waals surface area (Å²) in [4.78, 5) is 14.9. The molecule has 0 unspecified atom stereocenters. The number of hydrogen-bond donors (Lipinski definition) is 1. The zero-order valence-electron chi connectivity index (χ0n) is 17.6. The number of carbonyl (C=O) groups is 1. The van der Waals surface area contributed by atoms with Crippen LogP contribution in [0.4, 0.5) is 0 Å². The first-order valence-corrected chi connectivity index (χ1v) is 11.5. The number of benzene rings is 2. The average Bonchev–Trinajstić information content (AvgIpc) is 2.78. The van der Waals surface area contributed by atoms with E-state index < -0.39 is 10.0 Å². The smallest absolute Gasteiger partial charge is 0.254 e. The Labute approximate surface area is 187 Å². The lowest BCUT2D eigenvalue weighted by atomic mass is 10.0. The first kappa shape index (κ1) is 23.2. The highest BCUT2D eigenvalue weighted by atomic mass is 35.5. The Balaban J connectivity index is 1.67. The minimum atomic E-state index is -3.65. The average molecular weight is 469 g/mol. The molecule has 0 bridgehead atoms. The van der Waals surface area contributed by atoms with Gasteiger partial charge in [-0.2, -0.15) is 0 Å². The van der Waals surface area contributed by atoms with Crippen LogP contribution in [-0.4, -0.2) is 59.7 Å². The van der Waals surface area contributed by atoms with E-state index in [1.807, 2.05) is 0 Å². The Morgan fingerprint density at radius 3 is 2.03 bits per heavy atom. The molecule has 0 saturated carbocycles. The summed E-state index contributed by atoms with van der Waals surface area (Å²) >= 11 is 5.83. The fraction of sp³-hybridized carbons (Fsp3) is 0.381. The minimum Gasteiger partial charge on any atom is -0.493 e. The SMILES string of the molecule is COc1cc(C(=O)N2CCC(NS(=O)(=O)c3ccc(Cl)cc3)CC2)cc(OC)c1OC. The molecule has 2 aromatic rings. The highest BCUT2D eigenvalue weighted by molar-refractivity contribution is 7.89. The summed E-state index contributed by atoms with van der Waals surface area (Å²) < 4.78 is 43.8. The van der Waals surface area contributed by atoms with Gasteiger partial charge in [-0.3, -0.25) is 4.79 Å². The quantitative estimate of drug-likeness (QED) is 0.671. The van der Waals surface area contributed by atoms with Gasteiger partial charge in [-0.25, -0.2) is 13.1 Å². The molecule has 1 N–H and O–H groups in total. The van der Waals surface area contributed by atoms with Gasteiger partial charge in [-0.15, -0.1) is 0 Å². The van der Waals surface area contributed by atoms with Gasteiger partial charge in [-0.1, -0.05) is 11.6 Å². The molecular weight excluding hydrogens is 444 g/mol. The normalized spacial score (nSPS) is 14.9. The summed E-state index contributed by atoms with van der Waals surface area (Å²) in [5.74, 6) is 1.03. The summed E-state index contributed by atoms with van der Waals surface area (Å²) in [5, 5.41) is 0.470. The van der Waals surface area contributed by atoms with E-state index in [9.17, 15) is 13.2 Å². The van der Waals surface area contributed by atoms with Crippen molar-refractivity contribution in [1.29, 1.82) is 0 Å². The number of hydrogen-bond acceptors (Lipinski definition) is 6. The van der Waals surface area contributed by atoms with E-state index in [-0.39, 0.29) is 16.8 Å². The van der Waals surface area contributed by atoms with Crippen molar-refractivity contribution >= 4 is 27.5 Å². The topological polar surface area (TPSA) is 94.2 Å². The zero-order valence-corrected chi connectivity index (χ0v) is 19.1. The highest BCUT2D eigenvalue weighted by Gasteiger charge is 2.28. The molecule has 2 aromatic carbocycles. The van der Waals surface area contributed by atoms with Crippen molar-refractivity contribution in [3.8, 4) is 17.2 Å². The van der Waals surface area contributed by atoms with Crippen molar-refractivity contribution in [3.63, 3.8) is 0 Å². The summed E-state index contributed by atoms with van der Waals surface area (Å²) in [6, 6.07) is 8.97. The van der Waals surface area contributed by atoms with Gasteiger partial charge < -0.3 is 19.1 Å². The van der Waals surface area contributed by atoms with Gasteiger partial charge in [0.25, 0.3) is 5.91 Å². The van der Waals surface area contributed by atoms with E-state index in [2.05, 4.69) is 4.72 Å². The number of piperidine rings is 1. The number of carbonyl (C=O) groups excluding carboxylic acids is 1. The summed E-state index contributed by atoms with van der Waals surface area (Å²) in [5.41, 5.74) is 0.412. The molecule has 0 spiro atoms. The molecule has 10 heteroatoms. The van der Waals surface area contributed by atoms with Crippen molar-refractivity contribution in [2.75, 3.05) is 34.4 Å². The van der Waals surface area contributed by atoms with Crippen LogP contribution in [0.25, 0.3) is 0 Å². The molecule has 0 aliphatic carbocycles. The third-order valence-corrected chi connectivity index (χ3v) is 6.93. The van der Waals surface area contributed by atoms with Gasteiger partial charge in [-0.05, 0) is 49.2 Å². The third-order valence-electron chi connectivity index (χ3n) is 5.14. The first-order valence-electron chi connectivity index (χ1n) is 9.66. The molecule has 1 saturated heterocycles. The van der Waals surface area contributed by atoms with Crippen molar-refractivity contribution in [2.45, 2.75) is 23.8 Å². The van der Waals surface area contributed by atoms with Gasteiger partial charge in [0, 0.05) is 29.7 Å². The molecule has 1 fully saturated rings. The number of methoxy groups -OCH3 is 3. The number of nitrogens with zero attached hydrogens (tertiary/aromatic N) is 1. The van der Waals surface area contributed by atoms with Crippen LogP contribution in [-0.2, 0) is 10.0 Å². The molecule has 1 amide bonds. The van der Waals surface area contributed by atoms with Crippen LogP contribution < -0.4 is 18.9 Å². The first-order chi connectivity index (χ1) is 14.8. The van der Waals surface area contributed by atoms with Crippen molar-refractivity contribution in [3.05, 3.63) is 47.0 Å². The number of rotatable bonds is 7. The second-order valence-electron chi connectivity index (χ2n) is 7.06. The Bertz CT molecular complexity index is 1010. The predicted octanol–water partition coefficient (Wildman–Crippen LogP) is 2.95. The van der Waals surface area contributed by atoms with Crippen molar-refractivity contribution in [2.24, 2.45) is 0 Å². The predicted molar refractivity (Wildman–Crippen MR) is 117 cm³/mol. The van der Waals surface area contributed by atoms with E-state index in [0.717, 1.165) is 0 Å². The highest BCUT2D eigenvalue weighted by Crippen LogP contribution is 2.38.